The van der Waals surface area contributed by atoms with Gasteiger partial charge in [-0.15, -0.1) is 0 Å². The van der Waals surface area contributed by atoms with E-state index in [0.29, 0.717) is 0 Å². The Bertz CT molecular complexity index is 678. The van der Waals surface area contributed by atoms with Crippen LogP contribution in [0, 0.1) is 0 Å². The number of hydrogen-bond acceptors (Lipinski definition) is 3. The zero-order valence-corrected chi connectivity index (χ0v) is 10.8. The average Bonchev–Trinajstić information content (AvgIpc) is 2.82. The van der Waals surface area contributed by atoms with Gasteiger partial charge >= 0.3 is 6.18 Å². The van der Waals surface area contributed by atoms with Crippen LogP contribution in [0.15, 0.2) is 30.3 Å². The number of anilines is 1. The minimum atomic E-state index is -4.79. The van der Waals surface area contributed by atoms with Crippen molar-refractivity contribution < 1.29 is 22.8 Å². The van der Waals surface area contributed by atoms with Crippen LogP contribution in [0.5, 0.6) is 0 Å². The maximum absolute atomic E-state index is 12.9. The van der Waals surface area contributed by atoms with Crippen LogP contribution in [-0.4, -0.2) is 21.7 Å². The maximum atomic E-state index is 12.9. The quantitative estimate of drug-likeness (QED) is 0.855. The molecule has 0 bridgehead atoms. The van der Waals surface area contributed by atoms with Crippen molar-refractivity contribution in [1.82, 2.24) is 9.97 Å². The van der Waals surface area contributed by atoms with Crippen LogP contribution in [0.3, 0.4) is 0 Å². The predicted molar refractivity (Wildman–Crippen MR) is 67.8 cm³/mol. The molecule has 110 valence electrons. The van der Waals surface area contributed by atoms with Gasteiger partial charge in [0.05, 0.1) is 0 Å². The number of amides is 1. The number of hydrogen-bond donors (Lipinski definition) is 2. The molecule has 5 nitrogen and oxygen atoms in total. The van der Waals surface area contributed by atoms with Gasteiger partial charge in [-0.05, 0) is 0 Å². The fourth-order valence-electron chi connectivity index (χ4n) is 1.69. The minimum absolute atomic E-state index is 0.0730. The maximum Gasteiger partial charge on any atom is 0.433 e. The molecular weight excluding hydrogens is 287 g/mol. The molecule has 0 atom stereocenters. The van der Waals surface area contributed by atoms with E-state index in [4.69, 9.17) is 0 Å². The average molecular weight is 297 g/mol. The molecule has 1 aromatic carbocycles. The predicted octanol–water partition coefficient (Wildman–Crippen LogP) is 2.62. The molecule has 0 radical (unpaired) electrons. The zero-order valence-electron chi connectivity index (χ0n) is 10.8. The van der Waals surface area contributed by atoms with E-state index in [9.17, 15) is 22.8 Å². The molecule has 1 amide bonds. The van der Waals surface area contributed by atoms with Gasteiger partial charge in [0, 0.05) is 12.5 Å². The largest absolute Gasteiger partial charge is 0.433 e. The third-order valence-electron chi connectivity index (χ3n) is 2.53. The third kappa shape index (κ3) is 3.28. The van der Waals surface area contributed by atoms with Crippen molar-refractivity contribution in [2.24, 2.45) is 0 Å². The topological polar surface area (TPSA) is 74.8 Å². The number of carbonyl (C=O) groups is 2. The SMILES string of the molecule is CC(=O)Nc1nc(C(=O)c2ccccc2)c(C(F)(F)F)[nH]1. The summed E-state index contributed by atoms with van der Waals surface area (Å²) in [5.74, 6) is -1.90. The molecule has 0 aliphatic rings. The van der Waals surface area contributed by atoms with Gasteiger partial charge in [-0.1, -0.05) is 30.3 Å². The molecule has 0 saturated heterocycles. The molecule has 21 heavy (non-hydrogen) atoms. The Balaban J connectivity index is 2.48. The van der Waals surface area contributed by atoms with Crippen LogP contribution < -0.4 is 5.32 Å². The van der Waals surface area contributed by atoms with Crippen molar-refractivity contribution in [3.63, 3.8) is 0 Å². The fraction of sp³-hybridized carbons (Fsp3) is 0.154. The molecule has 0 unspecified atom stereocenters. The zero-order chi connectivity index (χ0) is 15.6. The Morgan fingerprint density at radius 2 is 1.81 bits per heavy atom. The Morgan fingerprint density at radius 1 is 1.19 bits per heavy atom. The number of rotatable bonds is 3. The summed E-state index contributed by atoms with van der Waals surface area (Å²) < 4.78 is 38.8. The van der Waals surface area contributed by atoms with Gasteiger partial charge in [-0.2, -0.15) is 13.2 Å². The summed E-state index contributed by atoms with van der Waals surface area (Å²) in [5.41, 5.74) is -2.00. The number of H-pyrrole nitrogens is 1. The lowest BCUT2D eigenvalue weighted by molar-refractivity contribution is -0.141. The number of ketones is 1. The molecule has 0 spiro atoms. The highest BCUT2D eigenvalue weighted by Crippen LogP contribution is 2.32. The van der Waals surface area contributed by atoms with E-state index >= 15 is 0 Å². The number of nitrogens with zero attached hydrogens (tertiary/aromatic N) is 1. The summed E-state index contributed by atoms with van der Waals surface area (Å²) in [6.07, 6.45) is -4.79. The van der Waals surface area contributed by atoms with Crippen LogP contribution in [0.25, 0.3) is 0 Å². The lowest BCUT2D eigenvalue weighted by Crippen LogP contribution is -2.13. The van der Waals surface area contributed by atoms with E-state index in [-0.39, 0.29) is 5.56 Å². The fourth-order valence-corrected chi connectivity index (χ4v) is 1.69. The molecule has 1 aromatic heterocycles. The number of benzene rings is 1. The Labute approximate surface area is 117 Å². The first-order valence-electron chi connectivity index (χ1n) is 5.83. The van der Waals surface area contributed by atoms with Crippen LogP contribution in [0.1, 0.15) is 28.7 Å². The normalized spacial score (nSPS) is 11.2. The molecule has 8 heteroatoms. The van der Waals surface area contributed by atoms with Crippen molar-refractivity contribution >= 4 is 17.6 Å². The first kappa shape index (κ1) is 14.8. The molecule has 1 heterocycles. The first-order valence-corrected chi connectivity index (χ1v) is 5.83. The third-order valence-corrected chi connectivity index (χ3v) is 2.53. The number of aromatic nitrogens is 2. The standard InChI is InChI=1S/C13H10F3N3O2/c1-7(20)17-12-18-9(11(19-12)13(14,15)16)10(21)8-5-3-2-4-6-8/h2-6H,1H3,(H2,17,18,19,20). The smallest absolute Gasteiger partial charge is 0.320 e. The van der Waals surface area contributed by atoms with E-state index < -0.39 is 35.2 Å². The first-order chi connectivity index (χ1) is 9.79. The van der Waals surface area contributed by atoms with Crippen molar-refractivity contribution in [1.29, 1.82) is 0 Å². The molecule has 0 saturated carbocycles. The second-order valence-corrected chi connectivity index (χ2v) is 4.18. The van der Waals surface area contributed by atoms with Crippen LogP contribution in [0.2, 0.25) is 0 Å². The Morgan fingerprint density at radius 3 is 2.33 bits per heavy atom. The molecule has 2 N–H and O–H groups in total. The highest BCUT2D eigenvalue weighted by Gasteiger charge is 2.39. The summed E-state index contributed by atoms with van der Waals surface area (Å²) in [6.45, 7) is 1.12. The number of nitrogens with one attached hydrogen (secondary N) is 2. The summed E-state index contributed by atoms with van der Waals surface area (Å²) in [6, 6.07) is 7.46. The summed E-state index contributed by atoms with van der Waals surface area (Å²) >= 11 is 0. The molecular formula is C13H10F3N3O2. The molecule has 2 rings (SSSR count). The van der Waals surface area contributed by atoms with Crippen molar-refractivity contribution in [2.45, 2.75) is 13.1 Å². The van der Waals surface area contributed by atoms with Gasteiger partial charge in [0.2, 0.25) is 17.6 Å². The van der Waals surface area contributed by atoms with E-state index in [2.05, 4.69) is 10.3 Å². The van der Waals surface area contributed by atoms with E-state index in [1.807, 2.05) is 4.98 Å². The summed E-state index contributed by atoms with van der Waals surface area (Å²) in [5, 5.41) is 2.09. The van der Waals surface area contributed by atoms with Gasteiger partial charge in [0.15, 0.2) is 5.69 Å². The number of imidazole rings is 1. The number of halogens is 3. The Kier molecular flexibility index (Phi) is 3.79. The highest BCUT2D eigenvalue weighted by molar-refractivity contribution is 6.09. The Hall–Kier alpha value is -2.64. The van der Waals surface area contributed by atoms with Crippen molar-refractivity contribution in [2.75, 3.05) is 5.32 Å². The summed E-state index contributed by atoms with van der Waals surface area (Å²) in [4.78, 5) is 28.5. The summed E-state index contributed by atoms with van der Waals surface area (Å²) in [7, 11) is 0. The van der Waals surface area contributed by atoms with E-state index in [1.165, 1.54) is 24.3 Å². The van der Waals surface area contributed by atoms with Crippen LogP contribution >= 0.6 is 0 Å². The molecule has 0 aliphatic carbocycles. The van der Waals surface area contributed by atoms with Crippen LogP contribution in [-0.2, 0) is 11.0 Å². The monoisotopic (exact) mass is 297 g/mol. The number of alkyl halides is 3. The van der Waals surface area contributed by atoms with Gasteiger partial charge in [-0.25, -0.2) is 4.98 Å². The second kappa shape index (κ2) is 5.39. The van der Waals surface area contributed by atoms with Crippen molar-refractivity contribution in [3.05, 3.63) is 47.3 Å². The van der Waals surface area contributed by atoms with Gasteiger partial charge < -0.3 is 4.98 Å². The lowest BCUT2D eigenvalue weighted by Gasteiger charge is -2.05. The molecule has 0 aliphatic heterocycles. The number of carbonyl (C=O) groups excluding carboxylic acids is 2. The second-order valence-electron chi connectivity index (χ2n) is 4.18. The van der Waals surface area contributed by atoms with Gasteiger partial charge in [0.25, 0.3) is 0 Å². The number of aromatic amines is 1. The lowest BCUT2D eigenvalue weighted by atomic mass is 10.1. The minimum Gasteiger partial charge on any atom is -0.320 e. The van der Waals surface area contributed by atoms with E-state index in [1.54, 1.807) is 6.07 Å². The highest BCUT2D eigenvalue weighted by atomic mass is 19.4. The van der Waals surface area contributed by atoms with E-state index in [0.717, 1.165) is 6.92 Å². The molecule has 0 fully saturated rings. The van der Waals surface area contributed by atoms with Gasteiger partial charge in [-0.3, -0.25) is 14.9 Å². The van der Waals surface area contributed by atoms with Crippen LogP contribution in [0.4, 0.5) is 19.1 Å². The van der Waals surface area contributed by atoms with Crippen molar-refractivity contribution in [3.8, 4) is 0 Å². The molecule has 2 aromatic rings. The van der Waals surface area contributed by atoms with Gasteiger partial charge in [0.1, 0.15) is 5.69 Å².